The zero-order valence-electron chi connectivity index (χ0n) is 12.0. The Hall–Kier alpha value is -1.98. The zero-order valence-corrected chi connectivity index (χ0v) is 12.8. The number of benzene rings is 2. The number of ketones is 1. The number of sulfonamides is 1. The first-order valence-corrected chi connectivity index (χ1v) is 8.03. The predicted molar refractivity (Wildman–Crippen MR) is 81.9 cm³/mol. The Bertz CT molecular complexity index is 752. The van der Waals surface area contributed by atoms with Crippen LogP contribution in [0.15, 0.2) is 53.4 Å². The number of hydrogen-bond acceptors (Lipinski definition) is 3. The van der Waals surface area contributed by atoms with Gasteiger partial charge >= 0.3 is 0 Å². The van der Waals surface area contributed by atoms with Gasteiger partial charge in [0, 0.05) is 5.56 Å². The van der Waals surface area contributed by atoms with Crippen molar-refractivity contribution in [3.63, 3.8) is 0 Å². The van der Waals surface area contributed by atoms with Crippen LogP contribution in [-0.4, -0.2) is 20.7 Å². The third-order valence-corrected chi connectivity index (χ3v) is 4.71. The third-order valence-electron chi connectivity index (χ3n) is 3.31. The van der Waals surface area contributed by atoms with Crippen LogP contribution in [-0.2, 0) is 10.0 Å². The monoisotopic (exact) mass is 303 g/mol. The maximum Gasteiger partial charge on any atom is 0.240 e. The highest BCUT2D eigenvalue weighted by molar-refractivity contribution is 7.89. The molecule has 5 heteroatoms. The van der Waals surface area contributed by atoms with E-state index in [0.717, 1.165) is 11.1 Å². The molecule has 2 aromatic carbocycles. The molecule has 0 aliphatic carbocycles. The molecule has 0 aliphatic heterocycles. The summed E-state index contributed by atoms with van der Waals surface area (Å²) in [4.78, 5) is 12.1. The topological polar surface area (TPSA) is 63.2 Å². The average molecular weight is 303 g/mol. The highest BCUT2D eigenvalue weighted by Gasteiger charge is 2.16. The molecule has 0 saturated heterocycles. The Kier molecular flexibility index (Phi) is 4.55. The molecule has 0 saturated carbocycles. The van der Waals surface area contributed by atoms with Crippen LogP contribution >= 0.6 is 0 Å². The Labute approximate surface area is 124 Å². The Balaban J connectivity index is 2.11. The minimum Gasteiger partial charge on any atom is -0.293 e. The fourth-order valence-electron chi connectivity index (χ4n) is 1.85. The molecule has 0 unspecified atom stereocenters. The molecule has 0 radical (unpaired) electrons. The van der Waals surface area contributed by atoms with Crippen LogP contribution in [0.3, 0.4) is 0 Å². The summed E-state index contributed by atoms with van der Waals surface area (Å²) in [5.41, 5.74) is 2.40. The number of rotatable bonds is 5. The summed E-state index contributed by atoms with van der Waals surface area (Å²) in [6.07, 6.45) is 0. The second kappa shape index (κ2) is 6.20. The lowest BCUT2D eigenvalue weighted by atomic mass is 10.1. The van der Waals surface area contributed by atoms with E-state index in [-0.39, 0.29) is 17.2 Å². The van der Waals surface area contributed by atoms with Gasteiger partial charge in [0.15, 0.2) is 5.78 Å². The fourth-order valence-corrected chi connectivity index (χ4v) is 2.92. The van der Waals surface area contributed by atoms with Gasteiger partial charge in [-0.15, -0.1) is 0 Å². The first kappa shape index (κ1) is 15.4. The number of Topliss-reactive ketones (excluding diaryl/α,β-unsaturated/α-hetero) is 1. The number of aryl methyl sites for hydroxylation is 2. The highest BCUT2D eigenvalue weighted by atomic mass is 32.2. The van der Waals surface area contributed by atoms with Crippen molar-refractivity contribution < 1.29 is 13.2 Å². The van der Waals surface area contributed by atoms with Crippen LogP contribution in [0.4, 0.5) is 0 Å². The van der Waals surface area contributed by atoms with Crippen LogP contribution in [0.1, 0.15) is 21.5 Å². The molecule has 21 heavy (non-hydrogen) atoms. The van der Waals surface area contributed by atoms with Crippen LogP contribution in [0.25, 0.3) is 0 Å². The van der Waals surface area contributed by atoms with Crippen LogP contribution in [0.5, 0.6) is 0 Å². The van der Waals surface area contributed by atoms with Crippen molar-refractivity contribution in [1.29, 1.82) is 0 Å². The van der Waals surface area contributed by atoms with Crippen molar-refractivity contribution in [2.75, 3.05) is 6.54 Å². The molecule has 0 amide bonds. The van der Waals surface area contributed by atoms with E-state index in [9.17, 15) is 13.2 Å². The van der Waals surface area contributed by atoms with E-state index >= 15 is 0 Å². The number of carbonyl (C=O) groups is 1. The summed E-state index contributed by atoms with van der Waals surface area (Å²) >= 11 is 0. The minimum atomic E-state index is -3.67. The van der Waals surface area contributed by atoms with E-state index in [1.807, 2.05) is 13.8 Å². The van der Waals surface area contributed by atoms with E-state index in [0.29, 0.717) is 5.56 Å². The third kappa shape index (κ3) is 3.77. The molecule has 1 N–H and O–H groups in total. The van der Waals surface area contributed by atoms with Gasteiger partial charge in [-0.2, -0.15) is 0 Å². The van der Waals surface area contributed by atoms with Crippen LogP contribution < -0.4 is 4.72 Å². The summed E-state index contributed by atoms with van der Waals surface area (Å²) in [5, 5.41) is 0. The normalized spacial score (nSPS) is 11.3. The van der Waals surface area contributed by atoms with Gasteiger partial charge in [-0.05, 0) is 37.1 Å². The molecule has 0 aliphatic rings. The van der Waals surface area contributed by atoms with Gasteiger partial charge in [-0.3, -0.25) is 4.79 Å². The van der Waals surface area contributed by atoms with Crippen molar-refractivity contribution in [2.24, 2.45) is 0 Å². The van der Waals surface area contributed by atoms with E-state index in [2.05, 4.69) is 4.72 Å². The second-order valence-corrected chi connectivity index (χ2v) is 6.63. The average Bonchev–Trinajstić information content (AvgIpc) is 2.48. The van der Waals surface area contributed by atoms with Crippen molar-refractivity contribution in [3.05, 3.63) is 65.2 Å². The molecule has 0 heterocycles. The molecule has 110 valence electrons. The molecule has 0 atom stereocenters. The number of hydrogen-bond donors (Lipinski definition) is 1. The summed E-state index contributed by atoms with van der Waals surface area (Å²) < 4.78 is 26.7. The molecule has 2 rings (SSSR count). The highest BCUT2D eigenvalue weighted by Crippen LogP contribution is 2.14. The molecular formula is C16H17NO3S. The second-order valence-electron chi connectivity index (χ2n) is 4.86. The molecule has 4 nitrogen and oxygen atoms in total. The first-order valence-electron chi connectivity index (χ1n) is 6.55. The van der Waals surface area contributed by atoms with Crippen LogP contribution in [0, 0.1) is 13.8 Å². The van der Waals surface area contributed by atoms with Crippen molar-refractivity contribution in [2.45, 2.75) is 18.7 Å². The molecule has 0 spiro atoms. The summed E-state index contributed by atoms with van der Waals surface area (Å²) in [6, 6.07) is 13.5. The summed E-state index contributed by atoms with van der Waals surface area (Å²) in [7, 11) is -3.67. The lowest BCUT2D eigenvalue weighted by molar-refractivity contribution is 0.0997. The van der Waals surface area contributed by atoms with E-state index in [1.54, 1.807) is 42.5 Å². The zero-order chi connectivity index (χ0) is 15.5. The molecule has 0 bridgehead atoms. The van der Waals surface area contributed by atoms with Crippen LogP contribution in [0.2, 0.25) is 0 Å². The van der Waals surface area contributed by atoms with E-state index in [1.165, 1.54) is 6.07 Å². The molecule has 0 fully saturated rings. The maximum atomic E-state index is 12.2. The summed E-state index contributed by atoms with van der Waals surface area (Å²) in [5.74, 6) is -0.261. The molecule has 2 aromatic rings. The van der Waals surface area contributed by atoms with Gasteiger partial charge in [0.2, 0.25) is 10.0 Å². The van der Waals surface area contributed by atoms with E-state index in [4.69, 9.17) is 0 Å². The lowest BCUT2D eigenvalue weighted by Crippen LogP contribution is -2.29. The van der Waals surface area contributed by atoms with Gasteiger partial charge in [0.1, 0.15) is 0 Å². The number of nitrogens with one attached hydrogen (secondary N) is 1. The van der Waals surface area contributed by atoms with Crippen molar-refractivity contribution in [3.8, 4) is 0 Å². The van der Waals surface area contributed by atoms with Gasteiger partial charge in [0.05, 0.1) is 11.4 Å². The fraction of sp³-hybridized carbons (Fsp3) is 0.188. The number of carbonyl (C=O) groups excluding carboxylic acids is 1. The SMILES string of the molecule is Cc1ccc(S(=O)(=O)NCC(=O)c2ccccc2)cc1C. The smallest absolute Gasteiger partial charge is 0.240 e. The van der Waals surface area contributed by atoms with E-state index < -0.39 is 10.0 Å². The van der Waals surface area contributed by atoms with Gasteiger partial charge in [-0.25, -0.2) is 13.1 Å². The Morgan fingerprint density at radius 2 is 1.67 bits per heavy atom. The van der Waals surface area contributed by atoms with Gasteiger partial charge in [-0.1, -0.05) is 36.4 Å². The first-order chi connectivity index (χ1) is 9.90. The van der Waals surface area contributed by atoms with Gasteiger partial charge < -0.3 is 0 Å². The lowest BCUT2D eigenvalue weighted by Gasteiger charge is -2.08. The van der Waals surface area contributed by atoms with Crippen molar-refractivity contribution in [1.82, 2.24) is 4.72 Å². The Morgan fingerprint density at radius 3 is 2.29 bits per heavy atom. The largest absolute Gasteiger partial charge is 0.293 e. The standard InChI is InChI=1S/C16H17NO3S/c1-12-8-9-15(10-13(12)2)21(19,20)17-11-16(18)14-6-4-3-5-7-14/h3-10,17H,11H2,1-2H3. The Morgan fingerprint density at radius 1 is 1.00 bits per heavy atom. The van der Waals surface area contributed by atoms with Crippen molar-refractivity contribution >= 4 is 15.8 Å². The summed E-state index contributed by atoms with van der Waals surface area (Å²) in [6.45, 7) is 3.51. The minimum absolute atomic E-state index is 0.173. The van der Waals surface area contributed by atoms with Gasteiger partial charge in [0.25, 0.3) is 0 Å². The molecular weight excluding hydrogens is 286 g/mol. The predicted octanol–water partition coefficient (Wildman–Crippen LogP) is 2.46. The molecule has 0 aromatic heterocycles. The maximum absolute atomic E-state index is 12.2. The quantitative estimate of drug-likeness (QED) is 0.863.